The van der Waals surface area contributed by atoms with Crippen molar-refractivity contribution in [3.05, 3.63) is 107 Å². The van der Waals surface area contributed by atoms with Gasteiger partial charge >= 0.3 is 0 Å². The van der Waals surface area contributed by atoms with Crippen LogP contribution in [0.5, 0.6) is 0 Å². The van der Waals surface area contributed by atoms with Crippen molar-refractivity contribution in [2.24, 2.45) is 0 Å². The number of rotatable bonds is 15. The SMILES string of the molecule is CCCCc1ccc2c(c1)c1cc(CCCC)c3c4c(CCCC)cc5c6cc(CCCC)ccc6c6cccc7c6c5c4c4c7c5nn(CCCC)nc5c5c6cccc2c6c1c3c54. The van der Waals surface area contributed by atoms with E-state index in [1.165, 1.54) is 166 Å². The van der Waals surface area contributed by atoms with Crippen LogP contribution < -0.4 is 0 Å². The molecule has 1 heterocycles. The summed E-state index contributed by atoms with van der Waals surface area (Å²) in [6.45, 7) is 12.4. The van der Waals surface area contributed by atoms with Gasteiger partial charge < -0.3 is 0 Å². The van der Waals surface area contributed by atoms with Gasteiger partial charge in [-0.1, -0.05) is 140 Å². The quantitative estimate of drug-likeness (QED) is 0.0760. The first kappa shape index (κ1) is 39.3. The van der Waals surface area contributed by atoms with Crippen molar-refractivity contribution in [2.45, 2.75) is 131 Å². The topological polar surface area (TPSA) is 30.7 Å². The van der Waals surface area contributed by atoms with Crippen molar-refractivity contribution < 1.29 is 0 Å². The molecular formula is C62H59N3. The Labute approximate surface area is 381 Å². The highest BCUT2D eigenvalue weighted by atomic mass is 15.5. The lowest BCUT2D eigenvalue weighted by Gasteiger charge is -2.28. The van der Waals surface area contributed by atoms with Crippen LogP contribution in [0, 0.1) is 0 Å². The summed E-state index contributed by atoms with van der Waals surface area (Å²) in [5.41, 5.74) is 8.06. The summed E-state index contributed by atoms with van der Waals surface area (Å²) < 4.78 is 0. The van der Waals surface area contributed by atoms with Gasteiger partial charge in [0.15, 0.2) is 0 Å². The van der Waals surface area contributed by atoms with E-state index in [4.69, 9.17) is 10.2 Å². The summed E-state index contributed by atoms with van der Waals surface area (Å²) in [5.74, 6) is 0. The van der Waals surface area contributed by atoms with Gasteiger partial charge in [0.05, 0.1) is 6.54 Å². The molecule has 0 aliphatic heterocycles. The van der Waals surface area contributed by atoms with Gasteiger partial charge in [-0.3, -0.25) is 0 Å². The van der Waals surface area contributed by atoms with Crippen molar-refractivity contribution >= 4 is 130 Å². The second kappa shape index (κ2) is 15.0. The standard InChI is InChI=1S/C62H59N3/c1-6-11-18-35-26-28-39-41-22-16-24-43-51(41)53-47(45(39)31-35)33-37(20-13-8-3)49-50-38(21-14-9-4)34-48-46-32-36(19-12-7-2)27-29-40(46)42-23-17-25-44-52(42)54(48)58(50)60-56(44)62-61(55(43)59(60)57(49)53)63-65(64-62)30-15-10-5/h16-17,22-29,31-34H,6-15,18-21,30H2,1-5H3. The van der Waals surface area contributed by atoms with Gasteiger partial charge in [-0.2, -0.15) is 15.0 Å². The van der Waals surface area contributed by atoms with E-state index in [1.807, 2.05) is 0 Å². The Balaban J connectivity index is 1.38. The minimum absolute atomic E-state index is 0.816. The van der Waals surface area contributed by atoms with Crippen LogP contribution in [0.1, 0.15) is 121 Å². The Morgan fingerprint density at radius 3 is 1.18 bits per heavy atom. The smallest absolute Gasteiger partial charge is 0.122 e. The molecule has 0 atom stereocenters. The Morgan fingerprint density at radius 2 is 0.738 bits per heavy atom. The Bertz CT molecular complexity index is 3720. The molecule has 0 aliphatic carbocycles. The lowest BCUT2D eigenvalue weighted by Crippen LogP contribution is -2.02. The maximum absolute atomic E-state index is 5.60. The van der Waals surface area contributed by atoms with Crippen LogP contribution in [0.15, 0.2) is 84.9 Å². The summed E-state index contributed by atoms with van der Waals surface area (Å²) >= 11 is 0. The zero-order valence-electron chi connectivity index (χ0n) is 39.0. The van der Waals surface area contributed by atoms with Gasteiger partial charge in [-0.05, 0) is 189 Å². The van der Waals surface area contributed by atoms with Crippen molar-refractivity contribution in [3.63, 3.8) is 0 Å². The fourth-order valence-corrected chi connectivity index (χ4v) is 12.9. The number of benzene rings is 12. The number of hydrogen-bond acceptors (Lipinski definition) is 2. The molecular weight excluding hydrogens is 787 g/mol. The van der Waals surface area contributed by atoms with Gasteiger partial charge in [0.1, 0.15) is 11.0 Å². The fourth-order valence-electron chi connectivity index (χ4n) is 12.9. The third-order valence-corrected chi connectivity index (χ3v) is 15.9. The molecule has 0 saturated heterocycles. The van der Waals surface area contributed by atoms with Crippen LogP contribution >= 0.6 is 0 Å². The van der Waals surface area contributed by atoms with Gasteiger partial charge in [-0.15, -0.1) is 0 Å². The zero-order chi connectivity index (χ0) is 43.7. The molecule has 0 saturated carbocycles. The Morgan fingerprint density at radius 1 is 0.323 bits per heavy atom. The van der Waals surface area contributed by atoms with E-state index < -0.39 is 0 Å². The Kier molecular flexibility index (Phi) is 9.07. The zero-order valence-corrected chi connectivity index (χ0v) is 39.0. The van der Waals surface area contributed by atoms with E-state index in [2.05, 4.69) is 124 Å². The molecule has 0 unspecified atom stereocenters. The molecule has 1 aromatic heterocycles. The molecule has 13 rings (SSSR count). The lowest BCUT2D eigenvalue weighted by molar-refractivity contribution is 0.514. The van der Waals surface area contributed by atoms with Crippen molar-refractivity contribution in [3.8, 4) is 0 Å². The average molecular weight is 846 g/mol. The minimum Gasteiger partial charge on any atom is -0.184 e. The van der Waals surface area contributed by atoms with E-state index >= 15 is 0 Å². The van der Waals surface area contributed by atoms with Crippen LogP contribution in [0.25, 0.3) is 130 Å². The number of aryl methyl sites for hydroxylation is 5. The summed E-state index contributed by atoms with van der Waals surface area (Å²) in [7, 11) is 0. The van der Waals surface area contributed by atoms with Crippen LogP contribution in [-0.4, -0.2) is 15.0 Å². The second-order valence-corrected chi connectivity index (χ2v) is 19.9. The van der Waals surface area contributed by atoms with Crippen LogP contribution in [0.2, 0.25) is 0 Å². The third-order valence-electron chi connectivity index (χ3n) is 15.9. The van der Waals surface area contributed by atoms with Crippen molar-refractivity contribution in [2.75, 3.05) is 0 Å². The van der Waals surface area contributed by atoms with E-state index in [0.717, 1.165) is 81.8 Å². The number of fused-ring (bicyclic) bond motifs is 12. The maximum Gasteiger partial charge on any atom is 0.122 e. The number of aromatic nitrogens is 3. The summed E-state index contributed by atoms with van der Waals surface area (Å²) in [4.78, 5) is 2.05. The summed E-state index contributed by atoms with van der Waals surface area (Å²) in [6, 6.07) is 34.6. The third kappa shape index (κ3) is 5.36. The Hall–Kier alpha value is -6.06. The number of unbranched alkanes of at least 4 members (excludes halogenated alkanes) is 5. The maximum atomic E-state index is 5.60. The first-order valence-corrected chi connectivity index (χ1v) is 25.5. The van der Waals surface area contributed by atoms with Gasteiger partial charge in [-0.25, -0.2) is 0 Å². The average Bonchev–Trinajstić information content (AvgIpc) is 3.77. The van der Waals surface area contributed by atoms with Crippen molar-refractivity contribution in [1.29, 1.82) is 0 Å². The highest BCUT2D eigenvalue weighted by molar-refractivity contribution is 6.57. The molecule has 0 bridgehead atoms. The van der Waals surface area contributed by atoms with E-state index in [0.29, 0.717) is 0 Å². The molecule has 0 radical (unpaired) electrons. The monoisotopic (exact) mass is 845 g/mol. The number of hydrogen-bond donors (Lipinski definition) is 0. The molecule has 3 heteroatoms. The van der Waals surface area contributed by atoms with E-state index in [1.54, 1.807) is 0 Å². The largest absolute Gasteiger partial charge is 0.184 e. The summed E-state index contributed by atoms with van der Waals surface area (Å²) in [6.07, 6.45) is 16.0. The van der Waals surface area contributed by atoms with Gasteiger partial charge in [0.25, 0.3) is 0 Å². The fraction of sp³-hybridized carbons (Fsp3) is 0.323. The molecule has 65 heavy (non-hydrogen) atoms. The van der Waals surface area contributed by atoms with Gasteiger partial charge in [0.2, 0.25) is 0 Å². The minimum atomic E-state index is 0.816. The number of nitrogens with zero attached hydrogens (tertiary/aromatic N) is 3. The van der Waals surface area contributed by atoms with Crippen molar-refractivity contribution in [1.82, 2.24) is 15.0 Å². The lowest BCUT2D eigenvalue weighted by atomic mass is 9.74. The van der Waals surface area contributed by atoms with Gasteiger partial charge in [0, 0.05) is 21.5 Å². The van der Waals surface area contributed by atoms with E-state index in [9.17, 15) is 0 Å². The molecule has 322 valence electrons. The normalized spacial score (nSPS) is 13.0. The van der Waals surface area contributed by atoms with E-state index in [-0.39, 0.29) is 0 Å². The molecule has 0 spiro atoms. The molecule has 0 aliphatic rings. The summed E-state index contributed by atoms with van der Waals surface area (Å²) in [5, 5.41) is 42.1. The predicted octanol–water partition coefficient (Wildman–Crippen LogP) is 18.0. The molecule has 0 N–H and O–H groups in total. The highest BCUT2D eigenvalue weighted by Gasteiger charge is 2.32. The van der Waals surface area contributed by atoms with Crippen LogP contribution in [0.3, 0.4) is 0 Å². The molecule has 13 aromatic rings. The predicted molar refractivity (Wildman–Crippen MR) is 284 cm³/mol. The molecule has 3 nitrogen and oxygen atoms in total. The first-order chi connectivity index (χ1) is 32.1. The molecule has 0 fully saturated rings. The van der Waals surface area contributed by atoms with Crippen LogP contribution in [-0.2, 0) is 32.2 Å². The highest BCUT2D eigenvalue weighted by Crippen LogP contribution is 2.58. The van der Waals surface area contributed by atoms with Crippen LogP contribution in [0.4, 0.5) is 0 Å². The molecule has 12 aromatic carbocycles. The first-order valence-electron chi connectivity index (χ1n) is 25.5. The molecule has 0 amide bonds. The second-order valence-electron chi connectivity index (χ2n) is 19.9.